The Bertz CT molecular complexity index is 667. The maximum absolute atomic E-state index is 13.1. The van der Waals surface area contributed by atoms with Crippen molar-refractivity contribution in [2.24, 2.45) is 0 Å². The highest BCUT2D eigenvalue weighted by Gasteiger charge is 2.26. The minimum atomic E-state index is -1.19. The first-order valence-corrected chi connectivity index (χ1v) is 6.38. The number of carboxylic acid groups (broad SMARTS) is 1. The highest BCUT2D eigenvalue weighted by Crippen LogP contribution is 2.35. The molecule has 0 heterocycles. The maximum atomic E-state index is 13.1. The van der Waals surface area contributed by atoms with Crippen molar-refractivity contribution in [3.63, 3.8) is 0 Å². The lowest BCUT2D eigenvalue weighted by Gasteiger charge is -2.30. The van der Waals surface area contributed by atoms with Crippen molar-refractivity contribution in [1.82, 2.24) is 0 Å². The van der Waals surface area contributed by atoms with E-state index in [-0.39, 0.29) is 17.2 Å². The molecule has 102 valence electrons. The number of benzene rings is 2. The van der Waals surface area contributed by atoms with E-state index in [9.17, 15) is 9.18 Å². The zero-order chi connectivity index (χ0) is 14.1. The van der Waals surface area contributed by atoms with Crippen LogP contribution < -0.4 is 4.74 Å². The zero-order valence-corrected chi connectivity index (χ0v) is 10.7. The fourth-order valence-corrected chi connectivity index (χ4v) is 2.50. The molecule has 0 fully saturated rings. The van der Waals surface area contributed by atoms with Gasteiger partial charge in [-0.2, -0.15) is 0 Å². The van der Waals surface area contributed by atoms with Gasteiger partial charge in [0.05, 0.1) is 6.61 Å². The minimum Gasteiger partial charge on any atom is -0.492 e. The Morgan fingerprint density at radius 1 is 1.30 bits per heavy atom. The number of hydrogen-bond donors (Lipinski definition) is 1. The summed E-state index contributed by atoms with van der Waals surface area (Å²) in [5.41, 5.74) is 2.41. The standard InChI is InChI=1S/C16H13FO3/c17-12-5-6-15(14(8-12)16(18)19)20-9-11-7-10-3-1-2-4-13(10)11/h1-6,8,11H,7,9H2,(H,18,19). The fraction of sp³-hybridized carbons (Fsp3) is 0.188. The number of hydrogen-bond acceptors (Lipinski definition) is 2. The van der Waals surface area contributed by atoms with Gasteiger partial charge in [0.25, 0.3) is 0 Å². The van der Waals surface area contributed by atoms with E-state index in [1.165, 1.54) is 23.3 Å². The van der Waals surface area contributed by atoms with Gasteiger partial charge in [-0.3, -0.25) is 0 Å². The summed E-state index contributed by atoms with van der Waals surface area (Å²) in [5.74, 6) is -1.28. The molecular formula is C16H13FO3. The van der Waals surface area contributed by atoms with E-state index in [0.717, 1.165) is 12.5 Å². The second-order valence-corrected chi connectivity index (χ2v) is 4.86. The highest BCUT2D eigenvalue weighted by molar-refractivity contribution is 5.90. The van der Waals surface area contributed by atoms with Crippen molar-refractivity contribution < 1.29 is 19.0 Å². The van der Waals surface area contributed by atoms with Crippen molar-refractivity contribution in [3.05, 3.63) is 65.0 Å². The van der Waals surface area contributed by atoms with E-state index >= 15 is 0 Å². The molecule has 1 aliphatic carbocycles. The third kappa shape index (κ3) is 2.25. The van der Waals surface area contributed by atoms with E-state index in [1.807, 2.05) is 12.1 Å². The number of aromatic carboxylic acids is 1. The van der Waals surface area contributed by atoms with Crippen LogP contribution in [0.2, 0.25) is 0 Å². The lowest BCUT2D eigenvalue weighted by atomic mass is 9.78. The van der Waals surface area contributed by atoms with E-state index in [0.29, 0.717) is 6.61 Å². The maximum Gasteiger partial charge on any atom is 0.339 e. The molecule has 1 atom stereocenters. The summed E-state index contributed by atoms with van der Waals surface area (Å²) in [5, 5.41) is 9.04. The van der Waals surface area contributed by atoms with Crippen molar-refractivity contribution in [1.29, 1.82) is 0 Å². The lowest BCUT2D eigenvalue weighted by Crippen LogP contribution is -2.23. The fourth-order valence-electron chi connectivity index (χ4n) is 2.50. The summed E-state index contributed by atoms with van der Waals surface area (Å²) in [6, 6.07) is 11.7. The smallest absolute Gasteiger partial charge is 0.339 e. The Kier molecular flexibility index (Phi) is 3.14. The number of ether oxygens (including phenoxy) is 1. The second-order valence-electron chi connectivity index (χ2n) is 4.86. The van der Waals surface area contributed by atoms with Gasteiger partial charge in [0.1, 0.15) is 17.1 Å². The van der Waals surface area contributed by atoms with Crippen molar-refractivity contribution in [3.8, 4) is 5.75 Å². The van der Waals surface area contributed by atoms with Crippen molar-refractivity contribution in [2.75, 3.05) is 6.61 Å². The molecule has 0 spiro atoms. The molecule has 3 nitrogen and oxygen atoms in total. The second kappa shape index (κ2) is 4.96. The topological polar surface area (TPSA) is 46.5 Å². The van der Waals surface area contributed by atoms with Gasteiger partial charge in [-0.15, -0.1) is 0 Å². The minimum absolute atomic E-state index is 0.141. The Balaban J connectivity index is 1.73. The molecule has 2 aromatic carbocycles. The molecular weight excluding hydrogens is 259 g/mol. The first kappa shape index (κ1) is 12.7. The third-order valence-electron chi connectivity index (χ3n) is 3.57. The molecule has 0 radical (unpaired) electrons. The Hall–Kier alpha value is -2.36. The van der Waals surface area contributed by atoms with Crippen LogP contribution in [0, 0.1) is 5.82 Å². The number of fused-ring (bicyclic) bond motifs is 1. The van der Waals surface area contributed by atoms with E-state index in [2.05, 4.69) is 12.1 Å². The molecule has 0 aliphatic heterocycles. The van der Waals surface area contributed by atoms with Crippen LogP contribution in [0.1, 0.15) is 27.4 Å². The number of rotatable bonds is 4. The quantitative estimate of drug-likeness (QED) is 0.929. The normalized spacial score (nSPS) is 16.1. The van der Waals surface area contributed by atoms with Gasteiger partial charge in [0.2, 0.25) is 0 Å². The van der Waals surface area contributed by atoms with Gasteiger partial charge in [-0.05, 0) is 35.7 Å². The van der Waals surface area contributed by atoms with E-state index < -0.39 is 11.8 Å². The van der Waals surface area contributed by atoms with Crippen LogP contribution >= 0.6 is 0 Å². The van der Waals surface area contributed by atoms with Crippen LogP contribution in [0.25, 0.3) is 0 Å². The Morgan fingerprint density at radius 3 is 2.85 bits per heavy atom. The first-order valence-electron chi connectivity index (χ1n) is 6.38. The molecule has 0 saturated heterocycles. The number of carbonyl (C=O) groups is 1. The van der Waals surface area contributed by atoms with Gasteiger partial charge < -0.3 is 9.84 Å². The predicted molar refractivity (Wildman–Crippen MR) is 71.7 cm³/mol. The molecule has 1 unspecified atom stereocenters. The Morgan fingerprint density at radius 2 is 2.10 bits per heavy atom. The van der Waals surface area contributed by atoms with E-state index in [1.54, 1.807) is 0 Å². The van der Waals surface area contributed by atoms with Crippen LogP contribution in [0.3, 0.4) is 0 Å². The van der Waals surface area contributed by atoms with Gasteiger partial charge in [-0.25, -0.2) is 9.18 Å². The van der Waals surface area contributed by atoms with Gasteiger partial charge in [-0.1, -0.05) is 24.3 Å². The van der Waals surface area contributed by atoms with Crippen LogP contribution in [-0.2, 0) is 6.42 Å². The predicted octanol–water partition coefficient (Wildman–Crippen LogP) is 3.24. The average Bonchev–Trinajstić information content (AvgIpc) is 2.41. The summed E-state index contributed by atoms with van der Waals surface area (Å²) in [7, 11) is 0. The van der Waals surface area contributed by atoms with E-state index in [4.69, 9.17) is 9.84 Å². The van der Waals surface area contributed by atoms with Gasteiger partial charge in [0, 0.05) is 5.92 Å². The largest absolute Gasteiger partial charge is 0.492 e. The molecule has 2 aromatic rings. The molecule has 1 N–H and O–H groups in total. The molecule has 20 heavy (non-hydrogen) atoms. The average molecular weight is 272 g/mol. The SMILES string of the molecule is O=C(O)c1cc(F)ccc1OCC1Cc2ccccc21. The molecule has 3 rings (SSSR count). The lowest BCUT2D eigenvalue weighted by molar-refractivity contribution is 0.0691. The molecule has 4 heteroatoms. The highest BCUT2D eigenvalue weighted by atomic mass is 19.1. The molecule has 0 aromatic heterocycles. The Labute approximate surface area is 115 Å². The molecule has 0 amide bonds. The monoisotopic (exact) mass is 272 g/mol. The van der Waals surface area contributed by atoms with Crippen LogP contribution in [0.15, 0.2) is 42.5 Å². The molecule has 1 aliphatic rings. The summed E-state index contributed by atoms with van der Waals surface area (Å²) in [6.07, 6.45) is 0.930. The first-order chi connectivity index (χ1) is 9.65. The summed E-state index contributed by atoms with van der Waals surface area (Å²) < 4.78 is 18.6. The van der Waals surface area contributed by atoms with Crippen LogP contribution in [0.4, 0.5) is 4.39 Å². The third-order valence-corrected chi connectivity index (χ3v) is 3.57. The van der Waals surface area contributed by atoms with Gasteiger partial charge in [0.15, 0.2) is 0 Å². The molecule has 0 bridgehead atoms. The number of carboxylic acids is 1. The van der Waals surface area contributed by atoms with Crippen LogP contribution in [-0.4, -0.2) is 17.7 Å². The van der Waals surface area contributed by atoms with Crippen molar-refractivity contribution >= 4 is 5.97 Å². The number of halogens is 1. The van der Waals surface area contributed by atoms with Crippen LogP contribution in [0.5, 0.6) is 5.75 Å². The summed E-state index contributed by atoms with van der Waals surface area (Å²) >= 11 is 0. The summed E-state index contributed by atoms with van der Waals surface area (Å²) in [4.78, 5) is 11.1. The van der Waals surface area contributed by atoms with Crippen molar-refractivity contribution in [2.45, 2.75) is 12.3 Å². The molecule has 0 saturated carbocycles. The zero-order valence-electron chi connectivity index (χ0n) is 10.7. The summed E-state index contributed by atoms with van der Waals surface area (Å²) in [6.45, 7) is 0.406. The van der Waals surface area contributed by atoms with Gasteiger partial charge >= 0.3 is 5.97 Å².